The third-order valence-corrected chi connectivity index (χ3v) is 5.35. The zero-order chi connectivity index (χ0) is 21.8. The maximum atomic E-state index is 13.9. The van der Waals surface area contributed by atoms with Gasteiger partial charge in [0.05, 0.1) is 12.2 Å². The quantitative estimate of drug-likeness (QED) is 0.433. The summed E-state index contributed by atoms with van der Waals surface area (Å²) in [6.45, 7) is 2.12. The molecule has 154 valence electrons. The Balaban J connectivity index is 1.88. The van der Waals surface area contributed by atoms with Gasteiger partial charge in [-0.25, -0.2) is 0 Å². The molecule has 3 aromatic carbocycles. The molecule has 1 N–H and O–H groups in total. The van der Waals surface area contributed by atoms with Gasteiger partial charge in [-0.3, -0.25) is 9.59 Å². The van der Waals surface area contributed by atoms with Gasteiger partial charge < -0.3 is 9.88 Å². The van der Waals surface area contributed by atoms with Crippen LogP contribution in [0.2, 0.25) is 5.02 Å². The van der Waals surface area contributed by atoms with Gasteiger partial charge in [-0.15, -0.1) is 0 Å². The second-order valence-electron chi connectivity index (χ2n) is 7.26. The molecular formula is C26H21ClN2O2. The molecular weight excluding hydrogens is 408 g/mol. The van der Waals surface area contributed by atoms with E-state index in [-0.39, 0.29) is 16.9 Å². The Hall–Kier alpha value is -3.63. The molecule has 0 saturated carbocycles. The molecule has 5 heteroatoms. The first-order chi connectivity index (χ1) is 15.0. The summed E-state index contributed by atoms with van der Waals surface area (Å²) in [6.07, 6.45) is 0. The van der Waals surface area contributed by atoms with Crippen molar-refractivity contribution in [3.05, 3.63) is 123 Å². The fourth-order valence-electron chi connectivity index (χ4n) is 3.56. The molecule has 0 atom stereocenters. The van der Waals surface area contributed by atoms with Gasteiger partial charge in [-0.05, 0) is 30.7 Å². The van der Waals surface area contributed by atoms with E-state index in [1.54, 1.807) is 24.0 Å². The number of amides is 1. The first kappa shape index (κ1) is 20.6. The molecule has 1 heterocycles. The van der Waals surface area contributed by atoms with Gasteiger partial charge in [-0.1, -0.05) is 78.3 Å². The number of aryl methyl sites for hydroxylation is 1. The second kappa shape index (κ2) is 9.02. The minimum Gasteiger partial charge on any atom is -0.358 e. The molecule has 0 fully saturated rings. The van der Waals surface area contributed by atoms with Crippen LogP contribution in [0.15, 0.2) is 95.8 Å². The van der Waals surface area contributed by atoms with E-state index < -0.39 is 0 Å². The molecule has 1 amide bonds. The van der Waals surface area contributed by atoms with Crippen LogP contribution >= 0.6 is 11.6 Å². The van der Waals surface area contributed by atoms with Crippen molar-refractivity contribution in [2.45, 2.75) is 13.5 Å². The number of para-hydroxylation sites is 1. The van der Waals surface area contributed by atoms with E-state index in [9.17, 15) is 9.59 Å². The number of rotatable bonds is 5. The smallest absolute Gasteiger partial charge is 0.264 e. The summed E-state index contributed by atoms with van der Waals surface area (Å²) in [5, 5.41) is 0.465. The summed E-state index contributed by atoms with van der Waals surface area (Å²) in [6, 6.07) is 27.7. The molecule has 0 aliphatic rings. The number of carbonyl (C=O) groups is 1. The lowest BCUT2D eigenvalue weighted by atomic mass is 10.0. The normalized spacial score (nSPS) is 10.6. The lowest BCUT2D eigenvalue weighted by Crippen LogP contribution is -2.34. The summed E-state index contributed by atoms with van der Waals surface area (Å²) in [4.78, 5) is 31.7. The number of nitrogens with zero attached hydrogens (tertiary/aromatic N) is 1. The number of nitrogens with one attached hydrogen (secondary N) is 1. The Morgan fingerprint density at radius 2 is 1.52 bits per heavy atom. The van der Waals surface area contributed by atoms with Crippen LogP contribution in [0.3, 0.4) is 0 Å². The number of aromatic amines is 1. The topological polar surface area (TPSA) is 53.2 Å². The van der Waals surface area contributed by atoms with Gasteiger partial charge in [-0.2, -0.15) is 0 Å². The van der Waals surface area contributed by atoms with E-state index in [0.717, 1.165) is 5.56 Å². The zero-order valence-electron chi connectivity index (χ0n) is 17.0. The largest absolute Gasteiger partial charge is 0.358 e. The lowest BCUT2D eigenvalue weighted by Gasteiger charge is -2.24. The van der Waals surface area contributed by atoms with Crippen LogP contribution < -0.4 is 10.3 Å². The first-order valence-corrected chi connectivity index (χ1v) is 10.3. The van der Waals surface area contributed by atoms with Gasteiger partial charge in [0, 0.05) is 28.0 Å². The van der Waals surface area contributed by atoms with Crippen LogP contribution in [-0.4, -0.2) is 10.9 Å². The lowest BCUT2D eigenvalue weighted by molar-refractivity contribution is 0.0984. The van der Waals surface area contributed by atoms with E-state index in [1.807, 2.05) is 72.8 Å². The highest BCUT2D eigenvalue weighted by molar-refractivity contribution is 6.33. The third kappa shape index (κ3) is 4.44. The van der Waals surface area contributed by atoms with Crippen molar-refractivity contribution in [2.24, 2.45) is 0 Å². The van der Waals surface area contributed by atoms with Crippen LogP contribution in [0.25, 0.3) is 11.3 Å². The molecule has 1 aromatic heterocycles. The number of hydrogen-bond donors (Lipinski definition) is 1. The fraction of sp³-hybridized carbons (Fsp3) is 0.0769. The van der Waals surface area contributed by atoms with E-state index in [2.05, 4.69) is 4.98 Å². The van der Waals surface area contributed by atoms with Gasteiger partial charge in [0.1, 0.15) is 5.56 Å². The highest BCUT2D eigenvalue weighted by Gasteiger charge is 2.25. The summed E-state index contributed by atoms with van der Waals surface area (Å²) in [7, 11) is 0. The Bertz CT molecular complexity index is 1270. The van der Waals surface area contributed by atoms with Crippen LogP contribution in [-0.2, 0) is 6.54 Å². The van der Waals surface area contributed by atoms with E-state index in [1.165, 1.54) is 6.07 Å². The molecule has 0 saturated heterocycles. The maximum absolute atomic E-state index is 13.9. The number of anilines is 1. The van der Waals surface area contributed by atoms with Crippen molar-refractivity contribution in [1.82, 2.24) is 4.98 Å². The fourth-order valence-corrected chi connectivity index (χ4v) is 3.79. The molecule has 0 aliphatic heterocycles. The minimum atomic E-state index is -0.383. The Morgan fingerprint density at radius 1 is 0.903 bits per heavy atom. The van der Waals surface area contributed by atoms with Crippen LogP contribution in [0.4, 0.5) is 5.69 Å². The van der Waals surface area contributed by atoms with Gasteiger partial charge >= 0.3 is 0 Å². The SMILES string of the molecule is Cc1cc(=O)c(C(=O)N(Cc2ccccc2)c2ccccc2)c(-c2ccccc2Cl)[nH]1. The number of H-pyrrole nitrogens is 1. The molecule has 4 nitrogen and oxygen atoms in total. The van der Waals surface area contributed by atoms with Gasteiger partial charge in [0.15, 0.2) is 5.43 Å². The number of hydrogen-bond acceptors (Lipinski definition) is 2. The van der Waals surface area contributed by atoms with Crippen molar-refractivity contribution in [3.63, 3.8) is 0 Å². The van der Waals surface area contributed by atoms with Crippen LogP contribution in [0, 0.1) is 6.92 Å². The van der Waals surface area contributed by atoms with Crippen LogP contribution in [0.1, 0.15) is 21.6 Å². The minimum absolute atomic E-state index is 0.0680. The number of benzene rings is 3. The Labute approximate surface area is 185 Å². The molecule has 0 spiro atoms. The predicted molar refractivity (Wildman–Crippen MR) is 126 cm³/mol. The van der Waals surface area contributed by atoms with Crippen LogP contribution in [0.5, 0.6) is 0 Å². The first-order valence-electron chi connectivity index (χ1n) is 9.94. The highest BCUT2D eigenvalue weighted by Crippen LogP contribution is 2.29. The predicted octanol–water partition coefficient (Wildman–Crippen LogP) is 5.85. The van der Waals surface area contributed by atoms with Crippen molar-refractivity contribution < 1.29 is 4.79 Å². The summed E-state index contributed by atoms with van der Waals surface area (Å²) >= 11 is 6.42. The number of aromatic nitrogens is 1. The van der Waals surface area contributed by atoms with Crippen molar-refractivity contribution in [2.75, 3.05) is 4.90 Å². The van der Waals surface area contributed by atoms with Gasteiger partial charge in [0.2, 0.25) is 0 Å². The third-order valence-electron chi connectivity index (χ3n) is 5.02. The molecule has 0 bridgehead atoms. The number of carbonyl (C=O) groups excluding carboxylic acids is 1. The average molecular weight is 429 g/mol. The summed E-state index contributed by atoms with van der Waals surface area (Å²) in [5.41, 5.74) is 3.09. The molecule has 0 radical (unpaired) electrons. The molecule has 0 aliphatic carbocycles. The molecule has 4 rings (SSSR count). The molecule has 31 heavy (non-hydrogen) atoms. The second-order valence-corrected chi connectivity index (χ2v) is 7.67. The Kier molecular flexibility index (Phi) is 6.01. The van der Waals surface area contributed by atoms with Crippen molar-refractivity contribution in [1.29, 1.82) is 0 Å². The monoisotopic (exact) mass is 428 g/mol. The van der Waals surface area contributed by atoms with E-state index >= 15 is 0 Å². The average Bonchev–Trinajstić information content (AvgIpc) is 2.78. The van der Waals surface area contributed by atoms with Gasteiger partial charge in [0.25, 0.3) is 5.91 Å². The highest BCUT2D eigenvalue weighted by atomic mass is 35.5. The molecule has 0 unspecified atom stereocenters. The zero-order valence-corrected chi connectivity index (χ0v) is 17.8. The number of pyridine rings is 1. The Morgan fingerprint density at radius 3 is 2.19 bits per heavy atom. The standard InChI is InChI=1S/C26H21ClN2O2/c1-18-16-23(30)24(25(28-18)21-14-8-9-15-22(21)27)26(31)29(20-12-6-3-7-13-20)17-19-10-4-2-5-11-19/h2-16H,17H2,1H3,(H,28,30). The maximum Gasteiger partial charge on any atom is 0.264 e. The summed E-state index contributed by atoms with van der Waals surface area (Å²) < 4.78 is 0. The number of halogens is 1. The molecule has 4 aromatic rings. The van der Waals surface area contributed by atoms with E-state index in [4.69, 9.17) is 11.6 Å². The van der Waals surface area contributed by atoms with E-state index in [0.29, 0.717) is 34.2 Å². The summed E-state index contributed by atoms with van der Waals surface area (Å²) in [5.74, 6) is -0.383. The van der Waals surface area contributed by atoms with Crippen molar-refractivity contribution in [3.8, 4) is 11.3 Å². The van der Waals surface area contributed by atoms with Crippen molar-refractivity contribution >= 4 is 23.2 Å².